The van der Waals surface area contributed by atoms with Crippen molar-refractivity contribution in [1.82, 2.24) is 14.8 Å². The van der Waals surface area contributed by atoms with Crippen molar-refractivity contribution in [2.45, 2.75) is 38.9 Å². The molecule has 0 atom stereocenters. The molecule has 0 aliphatic carbocycles. The van der Waals surface area contributed by atoms with Crippen molar-refractivity contribution in [3.8, 4) is 11.4 Å². The number of aromatic nitrogens is 3. The largest absolute Gasteiger partial charge is 0.325 e. The van der Waals surface area contributed by atoms with Crippen molar-refractivity contribution in [1.29, 1.82) is 0 Å². The first kappa shape index (κ1) is 21.2. The van der Waals surface area contributed by atoms with Crippen LogP contribution in [0.15, 0.2) is 28.7 Å². The Bertz CT molecular complexity index is 993. The van der Waals surface area contributed by atoms with Gasteiger partial charge in [0.2, 0.25) is 5.91 Å². The van der Waals surface area contributed by atoms with Gasteiger partial charge in [-0.2, -0.15) is 0 Å². The van der Waals surface area contributed by atoms with Crippen LogP contribution in [-0.4, -0.2) is 26.4 Å². The first-order valence-corrected chi connectivity index (χ1v) is 11.3. The summed E-state index contributed by atoms with van der Waals surface area (Å²) in [6.07, 6.45) is 0. The van der Waals surface area contributed by atoms with E-state index in [0.717, 1.165) is 11.4 Å². The molecule has 0 saturated carbocycles. The Morgan fingerprint density at radius 2 is 1.89 bits per heavy atom. The van der Waals surface area contributed by atoms with Gasteiger partial charge in [0.05, 0.1) is 5.75 Å². The highest BCUT2D eigenvalue weighted by atomic mass is 35.5. The lowest BCUT2D eigenvalue weighted by atomic mass is 10.1. The van der Waals surface area contributed by atoms with Crippen LogP contribution in [0.5, 0.6) is 0 Å². The van der Waals surface area contributed by atoms with Gasteiger partial charge in [0.25, 0.3) is 0 Å². The number of aryl methyl sites for hydroxylation is 1. The normalized spacial score (nSPS) is 11.2. The van der Waals surface area contributed by atoms with Crippen LogP contribution in [-0.2, 0) is 4.79 Å². The Morgan fingerprint density at radius 3 is 2.46 bits per heavy atom. The number of hydrogen-bond donors (Lipinski definition) is 1. The number of carbonyl (C=O) groups is 1. The average molecular weight is 455 g/mol. The number of nitrogens with one attached hydrogen (secondary N) is 1. The molecule has 0 aliphatic rings. The highest BCUT2D eigenvalue weighted by molar-refractivity contribution is 7.99. The molecule has 5 nitrogen and oxygen atoms in total. The Labute approximate surface area is 182 Å². The van der Waals surface area contributed by atoms with Gasteiger partial charge in [0, 0.05) is 37.6 Å². The lowest BCUT2D eigenvalue weighted by Gasteiger charge is -2.14. The number of hydrogen-bond acceptors (Lipinski definition) is 5. The van der Waals surface area contributed by atoms with Crippen LogP contribution in [0.3, 0.4) is 0 Å². The molecular weight excluding hydrogens is 435 g/mol. The predicted octanol–water partition coefficient (Wildman–Crippen LogP) is 6.24. The number of benzene rings is 1. The van der Waals surface area contributed by atoms with E-state index in [1.165, 1.54) is 22.2 Å². The van der Waals surface area contributed by atoms with Crippen molar-refractivity contribution in [3.05, 3.63) is 44.1 Å². The van der Waals surface area contributed by atoms with E-state index in [9.17, 15) is 4.79 Å². The summed E-state index contributed by atoms with van der Waals surface area (Å²) < 4.78 is 2.07. The summed E-state index contributed by atoms with van der Waals surface area (Å²) in [6.45, 7) is 8.36. The number of thioether (sulfide) groups is 1. The fraction of sp³-hybridized carbons (Fsp3) is 0.316. The van der Waals surface area contributed by atoms with Gasteiger partial charge in [-0.3, -0.25) is 9.36 Å². The molecule has 9 heteroatoms. The fourth-order valence-corrected chi connectivity index (χ4v) is 4.97. The first-order valence-electron chi connectivity index (χ1n) is 8.65. The number of anilines is 1. The standard InChI is InChI=1S/C19H20Cl2N4OS2/c1-10(2)25-18(16-8-27-12(4)11(16)3)23-24-19(25)28-9-17(26)22-15-6-13(20)5-14(21)7-15/h5-8,10H,9H2,1-4H3,(H,22,26). The second-order valence-corrected chi connectivity index (χ2v) is 9.49. The molecule has 0 unspecified atom stereocenters. The molecule has 0 fully saturated rings. The molecular formula is C19H20Cl2N4OS2. The first-order chi connectivity index (χ1) is 13.3. The number of carbonyl (C=O) groups excluding carboxylic acids is 1. The molecule has 28 heavy (non-hydrogen) atoms. The topological polar surface area (TPSA) is 59.8 Å². The molecule has 0 spiro atoms. The zero-order valence-electron chi connectivity index (χ0n) is 15.9. The van der Waals surface area contributed by atoms with E-state index < -0.39 is 0 Å². The van der Waals surface area contributed by atoms with Crippen molar-refractivity contribution in [2.75, 3.05) is 11.1 Å². The van der Waals surface area contributed by atoms with E-state index in [0.29, 0.717) is 20.9 Å². The van der Waals surface area contributed by atoms with Crippen molar-refractivity contribution < 1.29 is 4.79 Å². The number of amides is 1. The quantitative estimate of drug-likeness (QED) is 0.447. The smallest absolute Gasteiger partial charge is 0.234 e. The molecule has 1 aromatic carbocycles. The minimum Gasteiger partial charge on any atom is -0.325 e. The average Bonchev–Trinajstić information content (AvgIpc) is 3.16. The summed E-state index contributed by atoms with van der Waals surface area (Å²) in [7, 11) is 0. The number of halogens is 2. The molecule has 2 aromatic heterocycles. The maximum absolute atomic E-state index is 12.3. The zero-order chi connectivity index (χ0) is 20.4. The molecule has 0 bridgehead atoms. The van der Waals surface area contributed by atoms with Crippen LogP contribution in [0, 0.1) is 13.8 Å². The van der Waals surface area contributed by atoms with E-state index in [-0.39, 0.29) is 17.7 Å². The lowest BCUT2D eigenvalue weighted by Crippen LogP contribution is -2.15. The maximum Gasteiger partial charge on any atom is 0.234 e. The molecule has 3 rings (SSSR count). The predicted molar refractivity (Wildman–Crippen MR) is 119 cm³/mol. The van der Waals surface area contributed by atoms with Crippen LogP contribution < -0.4 is 5.32 Å². The minimum absolute atomic E-state index is 0.161. The third-order valence-electron chi connectivity index (χ3n) is 4.19. The van der Waals surface area contributed by atoms with Gasteiger partial charge >= 0.3 is 0 Å². The monoisotopic (exact) mass is 454 g/mol. The molecule has 1 N–H and O–H groups in total. The van der Waals surface area contributed by atoms with Crippen LogP contribution in [0.4, 0.5) is 5.69 Å². The number of thiophene rings is 1. The van der Waals surface area contributed by atoms with Gasteiger partial charge in [-0.15, -0.1) is 21.5 Å². The minimum atomic E-state index is -0.161. The van der Waals surface area contributed by atoms with Crippen molar-refractivity contribution in [2.24, 2.45) is 0 Å². The van der Waals surface area contributed by atoms with Gasteiger partial charge in [-0.05, 0) is 51.5 Å². The molecule has 1 amide bonds. The van der Waals surface area contributed by atoms with E-state index >= 15 is 0 Å². The molecule has 0 saturated heterocycles. The highest BCUT2D eigenvalue weighted by Gasteiger charge is 2.20. The summed E-state index contributed by atoms with van der Waals surface area (Å²) in [4.78, 5) is 13.6. The molecule has 0 radical (unpaired) electrons. The maximum atomic E-state index is 12.3. The Kier molecular flexibility index (Phi) is 6.70. The summed E-state index contributed by atoms with van der Waals surface area (Å²) in [6, 6.07) is 5.11. The van der Waals surface area contributed by atoms with Crippen LogP contribution >= 0.6 is 46.3 Å². The van der Waals surface area contributed by atoms with E-state index in [4.69, 9.17) is 23.2 Å². The van der Waals surface area contributed by atoms with Gasteiger partial charge < -0.3 is 5.32 Å². The molecule has 148 valence electrons. The SMILES string of the molecule is Cc1scc(-c2nnc(SCC(=O)Nc3cc(Cl)cc(Cl)c3)n2C(C)C)c1C. The van der Waals surface area contributed by atoms with Crippen LogP contribution in [0.2, 0.25) is 10.0 Å². The van der Waals surface area contributed by atoms with Gasteiger partial charge in [-0.25, -0.2) is 0 Å². The van der Waals surface area contributed by atoms with E-state index in [2.05, 4.69) is 53.2 Å². The lowest BCUT2D eigenvalue weighted by molar-refractivity contribution is -0.113. The second kappa shape index (κ2) is 8.86. The molecule has 0 aliphatic heterocycles. The van der Waals surface area contributed by atoms with Crippen LogP contribution in [0.1, 0.15) is 30.3 Å². The fourth-order valence-electron chi connectivity index (χ4n) is 2.71. The summed E-state index contributed by atoms with van der Waals surface area (Å²) >= 11 is 15.0. The van der Waals surface area contributed by atoms with Crippen molar-refractivity contribution in [3.63, 3.8) is 0 Å². The van der Waals surface area contributed by atoms with Gasteiger partial charge in [0.1, 0.15) is 0 Å². The molecule has 3 aromatic rings. The Morgan fingerprint density at radius 1 is 1.21 bits per heavy atom. The van der Waals surface area contributed by atoms with Gasteiger partial charge in [-0.1, -0.05) is 35.0 Å². The summed E-state index contributed by atoms with van der Waals surface area (Å²) in [5.74, 6) is 0.878. The van der Waals surface area contributed by atoms with Crippen molar-refractivity contribution >= 4 is 57.9 Å². The Balaban J connectivity index is 1.75. The van der Waals surface area contributed by atoms with E-state index in [1.807, 2.05) is 0 Å². The third kappa shape index (κ3) is 4.71. The van der Waals surface area contributed by atoms with E-state index in [1.54, 1.807) is 29.5 Å². The second-order valence-electron chi connectivity index (χ2n) is 6.60. The number of nitrogens with zero attached hydrogens (tertiary/aromatic N) is 3. The highest BCUT2D eigenvalue weighted by Crippen LogP contribution is 2.33. The Hall–Kier alpha value is -1.54. The summed E-state index contributed by atoms with van der Waals surface area (Å²) in [5, 5.41) is 15.3. The molecule has 2 heterocycles. The van der Waals surface area contributed by atoms with Gasteiger partial charge in [0.15, 0.2) is 11.0 Å². The third-order valence-corrected chi connectivity index (χ3v) is 6.58. The van der Waals surface area contributed by atoms with Crippen LogP contribution in [0.25, 0.3) is 11.4 Å². The summed E-state index contributed by atoms with van der Waals surface area (Å²) in [5.41, 5.74) is 2.87. The zero-order valence-corrected chi connectivity index (χ0v) is 19.1. The number of rotatable bonds is 6.